The molecule has 0 bridgehead atoms. The molecule has 0 spiro atoms. The van der Waals surface area contributed by atoms with Crippen molar-refractivity contribution >= 4 is 11.8 Å². The Hall–Kier alpha value is -1.82. The highest BCUT2D eigenvalue weighted by molar-refractivity contribution is 5.95. The Morgan fingerprint density at radius 2 is 2.08 bits per heavy atom. The normalized spacial score (nSPS) is 20.5. The molecule has 2 aliphatic heterocycles. The third-order valence-corrected chi connectivity index (χ3v) is 4.88. The molecule has 1 atom stereocenters. The maximum absolute atomic E-state index is 12.8. The molecule has 0 saturated carbocycles. The van der Waals surface area contributed by atoms with E-state index in [0.29, 0.717) is 30.8 Å². The molecule has 2 saturated heterocycles. The minimum absolute atomic E-state index is 0.0723. The van der Waals surface area contributed by atoms with Crippen LogP contribution in [0.4, 0.5) is 0 Å². The van der Waals surface area contributed by atoms with Gasteiger partial charge in [0.05, 0.1) is 17.9 Å². The van der Waals surface area contributed by atoms with Crippen LogP contribution in [0.25, 0.3) is 0 Å². The second kappa shape index (κ2) is 7.83. The molecule has 6 heteroatoms. The van der Waals surface area contributed by atoms with E-state index in [1.807, 2.05) is 4.90 Å². The van der Waals surface area contributed by atoms with Crippen LogP contribution in [0.2, 0.25) is 0 Å². The van der Waals surface area contributed by atoms with E-state index < -0.39 is 0 Å². The van der Waals surface area contributed by atoms with Gasteiger partial charge in [-0.2, -0.15) is 0 Å². The van der Waals surface area contributed by atoms with Crippen LogP contribution >= 0.6 is 0 Å². The zero-order valence-corrected chi connectivity index (χ0v) is 14.3. The van der Waals surface area contributed by atoms with Gasteiger partial charge in [-0.15, -0.1) is 0 Å². The molecule has 132 valence electrons. The van der Waals surface area contributed by atoms with Crippen LogP contribution in [-0.4, -0.2) is 60.5 Å². The maximum Gasteiger partial charge on any atom is 0.257 e. The molecule has 3 heterocycles. The number of amides is 2. The van der Waals surface area contributed by atoms with Crippen LogP contribution in [-0.2, 0) is 9.53 Å². The summed E-state index contributed by atoms with van der Waals surface area (Å²) in [6.45, 7) is 5.20. The van der Waals surface area contributed by atoms with Crippen LogP contribution in [0.3, 0.4) is 0 Å². The lowest BCUT2D eigenvalue weighted by molar-refractivity contribution is -0.130. The number of hydrogen-bond acceptors (Lipinski definition) is 4. The first kappa shape index (κ1) is 17.0. The van der Waals surface area contributed by atoms with Gasteiger partial charge in [-0.1, -0.05) is 0 Å². The van der Waals surface area contributed by atoms with Crippen molar-refractivity contribution in [3.8, 4) is 0 Å². The van der Waals surface area contributed by atoms with Gasteiger partial charge < -0.3 is 19.0 Å². The quantitative estimate of drug-likeness (QED) is 0.800. The number of rotatable bonds is 6. The first-order valence-electron chi connectivity index (χ1n) is 8.88. The van der Waals surface area contributed by atoms with Crippen molar-refractivity contribution < 1.29 is 18.7 Å². The van der Waals surface area contributed by atoms with Crippen molar-refractivity contribution in [3.05, 3.63) is 23.7 Å². The van der Waals surface area contributed by atoms with Crippen molar-refractivity contribution in [2.75, 3.05) is 32.8 Å². The van der Waals surface area contributed by atoms with Gasteiger partial charge in [0.15, 0.2) is 0 Å². The van der Waals surface area contributed by atoms with Crippen LogP contribution < -0.4 is 0 Å². The predicted octanol–water partition coefficient (Wildman–Crippen LogP) is 2.22. The lowest BCUT2D eigenvalue weighted by atomic mass is 10.1. The number of likely N-dealkylation sites (tertiary alicyclic amines) is 1. The SMILES string of the molecule is Cc1occc1C(=O)N(CCC(=O)N1CCCC1)C[C@H]1CCCO1. The van der Waals surface area contributed by atoms with E-state index in [1.54, 1.807) is 17.9 Å². The monoisotopic (exact) mass is 334 g/mol. The molecule has 1 aromatic rings. The molecule has 3 rings (SSSR count). The van der Waals surface area contributed by atoms with Gasteiger partial charge in [0.2, 0.25) is 5.91 Å². The van der Waals surface area contributed by atoms with Crippen LogP contribution in [0.15, 0.2) is 16.7 Å². The lowest BCUT2D eigenvalue weighted by Crippen LogP contribution is -2.40. The number of nitrogens with zero attached hydrogens (tertiary/aromatic N) is 2. The van der Waals surface area contributed by atoms with Crippen molar-refractivity contribution in [2.24, 2.45) is 0 Å². The Bertz CT molecular complexity index is 571. The summed E-state index contributed by atoms with van der Waals surface area (Å²) >= 11 is 0. The Balaban J connectivity index is 1.63. The van der Waals surface area contributed by atoms with E-state index in [9.17, 15) is 9.59 Å². The van der Waals surface area contributed by atoms with Crippen molar-refractivity contribution in [3.63, 3.8) is 0 Å². The van der Waals surface area contributed by atoms with E-state index in [-0.39, 0.29) is 17.9 Å². The molecule has 0 aliphatic carbocycles. The molecule has 0 unspecified atom stereocenters. The third kappa shape index (κ3) is 3.98. The van der Waals surface area contributed by atoms with E-state index in [2.05, 4.69) is 0 Å². The highest BCUT2D eigenvalue weighted by atomic mass is 16.5. The summed E-state index contributed by atoms with van der Waals surface area (Å²) < 4.78 is 10.9. The number of ether oxygens (including phenoxy) is 1. The highest BCUT2D eigenvalue weighted by Gasteiger charge is 2.26. The molecular weight excluding hydrogens is 308 g/mol. The molecule has 0 N–H and O–H groups in total. The second-order valence-electron chi connectivity index (χ2n) is 6.61. The summed E-state index contributed by atoms with van der Waals surface area (Å²) in [6, 6.07) is 1.70. The smallest absolute Gasteiger partial charge is 0.257 e. The molecule has 2 aliphatic rings. The summed E-state index contributed by atoms with van der Waals surface area (Å²) in [6.07, 6.45) is 6.13. The number of hydrogen-bond donors (Lipinski definition) is 0. The van der Waals surface area contributed by atoms with E-state index in [4.69, 9.17) is 9.15 Å². The summed E-state index contributed by atoms with van der Waals surface area (Å²) in [5, 5.41) is 0. The van der Waals surface area contributed by atoms with Crippen molar-refractivity contribution in [1.29, 1.82) is 0 Å². The number of carbonyl (C=O) groups is 2. The fourth-order valence-electron chi connectivity index (χ4n) is 3.44. The largest absolute Gasteiger partial charge is 0.469 e. The minimum Gasteiger partial charge on any atom is -0.469 e. The highest BCUT2D eigenvalue weighted by Crippen LogP contribution is 2.18. The molecule has 24 heavy (non-hydrogen) atoms. The summed E-state index contributed by atoms with van der Waals surface area (Å²) in [5.74, 6) is 0.677. The van der Waals surface area contributed by atoms with Gasteiger partial charge in [0.1, 0.15) is 5.76 Å². The van der Waals surface area contributed by atoms with Gasteiger partial charge in [0.25, 0.3) is 5.91 Å². The Morgan fingerprint density at radius 3 is 2.71 bits per heavy atom. The first-order chi connectivity index (χ1) is 11.6. The number of carbonyl (C=O) groups excluding carboxylic acids is 2. The van der Waals surface area contributed by atoms with Crippen molar-refractivity contribution in [2.45, 2.75) is 45.1 Å². The number of aryl methyl sites for hydroxylation is 1. The second-order valence-corrected chi connectivity index (χ2v) is 6.61. The standard InChI is InChI=1S/C18H26N2O4/c1-14-16(7-12-23-14)18(22)20(13-15-5-4-11-24-15)10-6-17(21)19-8-2-3-9-19/h7,12,15H,2-6,8-11,13H2,1H3/t15-/m1/s1. The van der Waals surface area contributed by atoms with E-state index in [1.165, 1.54) is 6.26 Å². The maximum atomic E-state index is 12.8. The molecule has 0 radical (unpaired) electrons. The fourth-order valence-corrected chi connectivity index (χ4v) is 3.44. The zero-order valence-electron chi connectivity index (χ0n) is 14.3. The molecule has 1 aromatic heterocycles. The van der Waals surface area contributed by atoms with Crippen LogP contribution in [0.5, 0.6) is 0 Å². The molecule has 0 aromatic carbocycles. The van der Waals surface area contributed by atoms with Gasteiger partial charge in [0, 0.05) is 39.2 Å². The Morgan fingerprint density at radius 1 is 1.29 bits per heavy atom. The molecule has 2 fully saturated rings. The van der Waals surface area contributed by atoms with E-state index in [0.717, 1.165) is 45.4 Å². The zero-order chi connectivity index (χ0) is 16.9. The third-order valence-electron chi connectivity index (χ3n) is 4.88. The minimum atomic E-state index is -0.0778. The average Bonchev–Trinajstić information content (AvgIpc) is 3.32. The molecular formula is C18H26N2O4. The number of furan rings is 1. The Labute approximate surface area is 142 Å². The lowest BCUT2D eigenvalue weighted by Gasteiger charge is -2.26. The summed E-state index contributed by atoms with van der Waals surface area (Å²) in [5.41, 5.74) is 0.571. The average molecular weight is 334 g/mol. The molecule has 6 nitrogen and oxygen atoms in total. The van der Waals surface area contributed by atoms with Crippen molar-refractivity contribution in [1.82, 2.24) is 9.80 Å². The van der Waals surface area contributed by atoms with Gasteiger partial charge in [-0.3, -0.25) is 9.59 Å². The summed E-state index contributed by atoms with van der Waals surface area (Å²) in [4.78, 5) is 28.8. The first-order valence-corrected chi connectivity index (χ1v) is 8.88. The van der Waals surface area contributed by atoms with E-state index >= 15 is 0 Å². The van der Waals surface area contributed by atoms with Gasteiger partial charge in [-0.25, -0.2) is 0 Å². The Kier molecular flexibility index (Phi) is 5.56. The van der Waals surface area contributed by atoms with Gasteiger partial charge in [-0.05, 0) is 38.7 Å². The van der Waals surface area contributed by atoms with Gasteiger partial charge >= 0.3 is 0 Å². The van der Waals surface area contributed by atoms with Crippen LogP contribution in [0.1, 0.15) is 48.2 Å². The topological polar surface area (TPSA) is 63.0 Å². The van der Waals surface area contributed by atoms with Crippen LogP contribution in [0, 0.1) is 6.92 Å². The summed E-state index contributed by atoms with van der Waals surface area (Å²) in [7, 11) is 0. The molecule has 2 amide bonds. The fraction of sp³-hybridized carbons (Fsp3) is 0.667. The predicted molar refractivity (Wildman–Crippen MR) is 88.8 cm³/mol.